The van der Waals surface area contributed by atoms with Crippen LogP contribution in [0.15, 0.2) is 0 Å². The molecule has 0 radical (unpaired) electrons. The molecule has 2 N–H and O–H groups in total. The SMILES string of the molecule is O=[N+]([O-])O.O=[N+]([O-])O.[Hf+4].[O-2].[O-2]. The van der Waals surface area contributed by atoms with Crippen molar-refractivity contribution < 1.29 is 57.4 Å². The third kappa shape index (κ3) is 724. The Hall–Kier alpha value is -0.810. The summed E-state index contributed by atoms with van der Waals surface area (Å²) in [5, 5.41) is 27.3. The summed E-state index contributed by atoms with van der Waals surface area (Å²) in [5.41, 5.74) is 0. The van der Waals surface area contributed by atoms with Crippen LogP contribution in [0, 0.1) is 20.2 Å². The molecular weight excluding hydrogens is 334 g/mol. The predicted molar refractivity (Wildman–Crippen MR) is 18.9 cm³/mol. The summed E-state index contributed by atoms with van der Waals surface area (Å²) in [7, 11) is 0. The fourth-order valence-corrected chi connectivity index (χ4v) is 0. The van der Waals surface area contributed by atoms with Gasteiger partial charge in [0, 0.05) is 0 Å². The first-order chi connectivity index (χ1) is 3.46. The quantitative estimate of drug-likeness (QED) is 0.326. The maximum atomic E-state index is 8.36. The zero-order valence-electron chi connectivity index (χ0n) is 4.74. The van der Waals surface area contributed by atoms with Crippen molar-refractivity contribution in [3.05, 3.63) is 20.2 Å². The molecule has 0 saturated carbocycles. The summed E-state index contributed by atoms with van der Waals surface area (Å²) in [6, 6.07) is 0. The second-order valence-electron chi connectivity index (χ2n) is 0.476. The molecule has 0 aromatic heterocycles. The van der Waals surface area contributed by atoms with E-state index in [0.29, 0.717) is 0 Å². The summed E-state index contributed by atoms with van der Waals surface area (Å²) >= 11 is 0. The minimum Gasteiger partial charge on any atom is -2.00 e. The van der Waals surface area contributed by atoms with Crippen LogP contribution in [-0.2, 0) is 36.8 Å². The van der Waals surface area contributed by atoms with Crippen LogP contribution in [0.1, 0.15) is 0 Å². The van der Waals surface area contributed by atoms with E-state index in [4.69, 9.17) is 30.6 Å². The van der Waals surface area contributed by atoms with Crippen LogP contribution in [-0.4, -0.2) is 20.6 Å². The molecular formula is H2HfN2O8. The normalized spacial score (nSPS) is 4.36. The topological polar surface area (TPSA) is 184 Å². The molecule has 0 fully saturated rings. The monoisotopic (exact) mass is 338 g/mol. The van der Waals surface area contributed by atoms with Gasteiger partial charge in [0.05, 0.1) is 0 Å². The molecule has 0 aliphatic rings. The van der Waals surface area contributed by atoms with E-state index < -0.39 is 10.2 Å². The fraction of sp³-hybridized carbons (Fsp3) is 0. The van der Waals surface area contributed by atoms with E-state index in [1.54, 1.807) is 0 Å². The van der Waals surface area contributed by atoms with Crippen molar-refractivity contribution in [1.29, 1.82) is 0 Å². The zero-order valence-corrected chi connectivity index (χ0v) is 8.33. The van der Waals surface area contributed by atoms with Gasteiger partial charge in [-0.25, -0.2) is 0 Å². The van der Waals surface area contributed by atoms with E-state index in [1.807, 2.05) is 0 Å². The molecule has 0 saturated heterocycles. The van der Waals surface area contributed by atoms with Gasteiger partial charge < -0.3 is 21.4 Å². The molecule has 0 atom stereocenters. The Morgan fingerprint density at radius 2 is 0.909 bits per heavy atom. The van der Waals surface area contributed by atoms with Gasteiger partial charge in [0.25, 0.3) is 10.2 Å². The Morgan fingerprint density at radius 3 is 0.909 bits per heavy atom. The van der Waals surface area contributed by atoms with Gasteiger partial charge in [0.1, 0.15) is 0 Å². The van der Waals surface area contributed by atoms with Crippen molar-refractivity contribution in [2.75, 3.05) is 0 Å². The van der Waals surface area contributed by atoms with Crippen molar-refractivity contribution >= 4 is 0 Å². The van der Waals surface area contributed by atoms with Gasteiger partial charge in [0.15, 0.2) is 0 Å². The summed E-state index contributed by atoms with van der Waals surface area (Å²) in [6.07, 6.45) is 0. The molecule has 0 aliphatic heterocycles. The average Bonchev–Trinajstić information content (AvgIpc) is 1.25. The molecule has 0 heterocycles. The van der Waals surface area contributed by atoms with Gasteiger partial charge in [-0.15, -0.1) is 20.2 Å². The fourth-order valence-electron chi connectivity index (χ4n) is 0. The molecule has 0 aromatic rings. The van der Waals surface area contributed by atoms with E-state index in [0.717, 1.165) is 0 Å². The van der Waals surface area contributed by atoms with Crippen LogP contribution in [0.25, 0.3) is 0 Å². The average molecular weight is 337 g/mol. The summed E-state index contributed by atoms with van der Waals surface area (Å²) in [5.74, 6) is 0. The first kappa shape index (κ1) is 31.9. The maximum absolute atomic E-state index is 8.36. The van der Waals surface area contributed by atoms with Gasteiger partial charge in [-0.05, 0) is 0 Å². The zero-order chi connectivity index (χ0) is 7.15. The van der Waals surface area contributed by atoms with Crippen LogP contribution in [0.5, 0.6) is 0 Å². The molecule has 11 heavy (non-hydrogen) atoms. The smallest absolute Gasteiger partial charge is 2.00 e. The second-order valence-corrected chi connectivity index (χ2v) is 0.476. The standard InChI is InChI=1S/Hf.2HNO3.2O/c;2*2-1(3)4;;/h;2*(H,2,3,4);;/q+4;;;2*-2. The molecule has 64 valence electrons. The van der Waals surface area contributed by atoms with Crippen molar-refractivity contribution in [2.45, 2.75) is 0 Å². The Balaban J connectivity index is -0.0000000171. The molecule has 0 unspecified atom stereocenters. The van der Waals surface area contributed by atoms with Crippen LogP contribution in [0.4, 0.5) is 0 Å². The van der Waals surface area contributed by atoms with Crippen molar-refractivity contribution in [1.82, 2.24) is 0 Å². The molecule has 10 nitrogen and oxygen atoms in total. The van der Waals surface area contributed by atoms with Crippen LogP contribution < -0.4 is 0 Å². The Bertz CT molecular complexity index is 70.1. The van der Waals surface area contributed by atoms with Crippen LogP contribution >= 0.6 is 0 Å². The number of hydrogen-bond donors (Lipinski definition) is 2. The van der Waals surface area contributed by atoms with Crippen LogP contribution in [0.2, 0.25) is 0 Å². The van der Waals surface area contributed by atoms with E-state index in [-0.39, 0.29) is 36.8 Å². The largest absolute Gasteiger partial charge is 4.00 e. The third-order valence-corrected chi connectivity index (χ3v) is 0. The molecule has 0 rings (SSSR count). The number of hydrogen-bond acceptors (Lipinski definition) is 4. The van der Waals surface area contributed by atoms with Crippen molar-refractivity contribution in [3.63, 3.8) is 0 Å². The van der Waals surface area contributed by atoms with E-state index >= 15 is 0 Å². The van der Waals surface area contributed by atoms with Gasteiger partial charge >= 0.3 is 25.8 Å². The minimum absolute atomic E-state index is 0. The summed E-state index contributed by atoms with van der Waals surface area (Å²) in [4.78, 5) is 16.7. The van der Waals surface area contributed by atoms with E-state index in [9.17, 15) is 0 Å². The molecule has 0 aromatic carbocycles. The van der Waals surface area contributed by atoms with E-state index in [1.165, 1.54) is 0 Å². The van der Waals surface area contributed by atoms with Crippen molar-refractivity contribution in [2.24, 2.45) is 0 Å². The number of nitrogens with zero attached hydrogens (tertiary/aromatic N) is 2. The molecule has 0 aliphatic carbocycles. The van der Waals surface area contributed by atoms with Gasteiger partial charge in [-0.2, -0.15) is 0 Å². The Morgan fingerprint density at radius 1 is 0.909 bits per heavy atom. The Kier molecular flexibility index (Phi) is 66.5. The summed E-state index contributed by atoms with van der Waals surface area (Å²) in [6.45, 7) is 0. The first-order valence-electron chi connectivity index (χ1n) is 1.13. The van der Waals surface area contributed by atoms with Gasteiger partial charge in [0.2, 0.25) is 0 Å². The molecule has 0 bridgehead atoms. The third-order valence-electron chi connectivity index (χ3n) is 0. The minimum atomic E-state index is -1.50. The molecule has 11 heteroatoms. The second kappa shape index (κ2) is 22.9. The summed E-state index contributed by atoms with van der Waals surface area (Å²) < 4.78 is 0. The number of rotatable bonds is 0. The first-order valence-corrected chi connectivity index (χ1v) is 1.13. The van der Waals surface area contributed by atoms with Crippen LogP contribution in [0.3, 0.4) is 0 Å². The maximum Gasteiger partial charge on any atom is 4.00 e. The van der Waals surface area contributed by atoms with E-state index in [2.05, 4.69) is 0 Å². The molecule has 0 amide bonds. The molecule has 0 spiro atoms. The van der Waals surface area contributed by atoms with Crippen molar-refractivity contribution in [3.8, 4) is 0 Å². The Labute approximate surface area is 78.1 Å². The van der Waals surface area contributed by atoms with Gasteiger partial charge in [-0.1, -0.05) is 0 Å². The van der Waals surface area contributed by atoms with Gasteiger partial charge in [-0.3, -0.25) is 0 Å². The predicted octanol–water partition coefficient (Wildman–Crippen LogP) is -0.936.